The fourth-order valence-electron chi connectivity index (χ4n) is 2.43. The molecule has 5 nitrogen and oxygen atoms in total. The van der Waals surface area contributed by atoms with Crippen LogP contribution in [0.4, 0.5) is 0 Å². The first-order chi connectivity index (χ1) is 10.3. The Balaban J connectivity index is 2.20. The van der Waals surface area contributed by atoms with Gasteiger partial charge in [-0.05, 0) is 38.1 Å². The summed E-state index contributed by atoms with van der Waals surface area (Å²) in [5.74, 6) is 1.92. The summed E-state index contributed by atoms with van der Waals surface area (Å²) >= 11 is 0. The number of hydrogen-bond acceptors (Lipinski definition) is 4. The molecule has 0 radical (unpaired) electrons. The number of benzene rings is 1. The molecule has 0 aliphatic rings. The molecule has 0 saturated heterocycles. The van der Waals surface area contributed by atoms with E-state index in [0.29, 0.717) is 6.61 Å². The minimum atomic E-state index is 0.213. The maximum absolute atomic E-state index is 5.59. The molecule has 21 heavy (non-hydrogen) atoms. The van der Waals surface area contributed by atoms with E-state index in [1.165, 1.54) is 5.56 Å². The molecule has 0 aliphatic heterocycles. The van der Waals surface area contributed by atoms with Crippen molar-refractivity contribution in [2.24, 2.45) is 0 Å². The lowest BCUT2D eigenvalue weighted by atomic mass is 10.0. The van der Waals surface area contributed by atoms with Crippen LogP contribution >= 0.6 is 0 Å². The highest BCUT2D eigenvalue weighted by Gasteiger charge is 2.15. The lowest BCUT2D eigenvalue weighted by Crippen LogP contribution is -2.24. The summed E-state index contributed by atoms with van der Waals surface area (Å²) in [7, 11) is 0. The van der Waals surface area contributed by atoms with Crippen molar-refractivity contribution in [1.82, 2.24) is 20.1 Å². The second kappa shape index (κ2) is 7.78. The van der Waals surface area contributed by atoms with Gasteiger partial charge in [-0.3, -0.25) is 4.68 Å². The van der Waals surface area contributed by atoms with Crippen molar-refractivity contribution >= 4 is 0 Å². The summed E-state index contributed by atoms with van der Waals surface area (Å²) in [6.45, 7) is 8.62. The highest BCUT2D eigenvalue weighted by atomic mass is 16.5. The van der Waals surface area contributed by atoms with E-state index in [2.05, 4.69) is 41.4 Å². The molecule has 114 valence electrons. The summed E-state index contributed by atoms with van der Waals surface area (Å²) in [5, 5.41) is 7.76. The topological polar surface area (TPSA) is 52.0 Å². The quantitative estimate of drug-likeness (QED) is 0.811. The second-order valence-electron chi connectivity index (χ2n) is 4.81. The maximum atomic E-state index is 5.59. The van der Waals surface area contributed by atoms with Gasteiger partial charge in [-0.25, -0.2) is 4.98 Å². The molecule has 1 N–H and O–H groups in total. The van der Waals surface area contributed by atoms with E-state index in [9.17, 15) is 0 Å². The van der Waals surface area contributed by atoms with E-state index < -0.39 is 0 Å². The number of aromatic nitrogens is 3. The SMILES string of the molecule is CCNC(Cc1ncnn1CC)c1cccc(OCC)c1. The molecule has 1 unspecified atom stereocenters. The fraction of sp³-hybridized carbons (Fsp3) is 0.500. The van der Waals surface area contributed by atoms with E-state index in [4.69, 9.17) is 4.74 Å². The second-order valence-corrected chi connectivity index (χ2v) is 4.81. The van der Waals surface area contributed by atoms with Gasteiger partial charge >= 0.3 is 0 Å². The summed E-state index contributed by atoms with van der Waals surface area (Å²) in [4.78, 5) is 4.37. The zero-order valence-electron chi connectivity index (χ0n) is 13.0. The summed E-state index contributed by atoms with van der Waals surface area (Å²) in [6.07, 6.45) is 2.44. The first-order valence-corrected chi connectivity index (χ1v) is 7.61. The average molecular weight is 288 g/mol. The van der Waals surface area contributed by atoms with Crippen LogP contribution in [-0.4, -0.2) is 27.9 Å². The Bertz CT molecular complexity index is 553. The Hall–Kier alpha value is -1.88. The molecule has 0 aliphatic carbocycles. The smallest absolute Gasteiger partial charge is 0.138 e. The number of likely N-dealkylation sites (N-methyl/N-ethyl adjacent to an activating group) is 1. The van der Waals surface area contributed by atoms with Gasteiger partial charge in [0.2, 0.25) is 0 Å². The molecule has 5 heteroatoms. The van der Waals surface area contributed by atoms with Gasteiger partial charge in [-0.1, -0.05) is 19.1 Å². The Morgan fingerprint density at radius 1 is 1.29 bits per heavy atom. The van der Waals surface area contributed by atoms with Gasteiger partial charge in [0, 0.05) is 19.0 Å². The van der Waals surface area contributed by atoms with Gasteiger partial charge < -0.3 is 10.1 Å². The molecular formula is C16H24N4O. The van der Waals surface area contributed by atoms with Crippen molar-refractivity contribution < 1.29 is 4.74 Å². The van der Waals surface area contributed by atoms with Crippen molar-refractivity contribution in [1.29, 1.82) is 0 Å². The van der Waals surface area contributed by atoms with Crippen LogP contribution in [-0.2, 0) is 13.0 Å². The largest absolute Gasteiger partial charge is 0.494 e. The minimum absolute atomic E-state index is 0.213. The van der Waals surface area contributed by atoms with Gasteiger partial charge in [0.1, 0.15) is 17.9 Å². The molecule has 0 saturated carbocycles. The molecular weight excluding hydrogens is 264 g/mol. The molecule has 2 rings (SSSR count). The predicted octanol–water partition coefficient (Wildman–Crippen LogP) is 2.59. The van der Waals surface area contributed by atoms with Crippen LogP contribution in [0.3, 0.4) is 0 Å². The monoisotopic (exact) mass is 288 g/mol. The third-order valence-electron chi connectivity index (χ3n) is 3.40. The van der Waals surface area contributed by atoms with Gasteiger partial charge in [-0.15, -0.1) is 0 Å². The molecule has 2 aromatic rings. The van der Waals surface area contributed by atoms with Crippen molar-refractivity contribution in [3.8, 4) is 5.75 Å². The van der Waals surface area contributed by atoms with Crippen LogP contribution in [0.2, 0.25) is 0 Å². The summed E-state index contributed by atoms with van der Waals surface area (Å²) in [5.41, 5.74) is 1.22. The molecule has 1 aromatic heterocycles. The molecule has 0 amide bonds. The lowest BCUT2D eigenvalue weighted by Gasteiger charge is -2.19. The van der Waals surface area contributed by atoms with Crippen molar-refractivity contribution in [3.05, 3.63) is 42.0 Å². The number of nitrogens with one attached hydrogen (secondary N) is 1. The van der Waals surface area contributed by atoms with Gasteiger partial charge in [0.25, 0.3) is 0 Å². The molecule has 0 spiro atoms. The van der Waals surface area contributed by atoms with Crippen LogP contribution in [0.25, 0.3) is 0 Å². The normalized spacial score (nSPS) is 12.3. The van der Waals surface area contributed by atoms with Crippen LogP contribution in [0.5, 0.6) is 5.75 Å². The predicted molar refractivity (Wildman–Crippen MR) is 83.4 cm³/mol. The van der Waals surface area contributed by atoms with Crippen LogP contribution < -0.4 is 10.1 Å². The highest BCUT2D eigenvalue weighted by molar-refractivity contribution is 5.31. The first kappa shape index (κ1) is 15.5. The number of ether oxygens (including phenoxy) is 1. The average Bonchev–Trinajstić information content (AvgIpc) is 2.95. The molecule has 1 heterocycles. The Labute approximate surface area is 126 Å². The van der Waals surface area contributed by atoms with Gasteiger partial charge in [0.15, 0.2) is 0 Å². The molecule has 0 fully saturated rings. The molecule has 1 aromatic carbocycles. The Morgan fingerprint density at radius 2 is 2.14 bits per heavy atom. The summed E-state index contributed by atoms with van der Waals surface area (Å²) < 4.78 is 7.54. The number of rotatable bonds is 8. The van der Waals surface area contributed by atoms with E-state index >= 15 is 0 Å². The van der Waals surface area contributed by atoms with Crippen molar-refractivity contribution in [3.63, 3.8) is 0 Å². The fourth-order valence-corrected chi connectivity index (χ4v) is 2.43. The van der Waals surface area contributed by atoms with Crippen molar-refractivity contribution in [2.75, 3.05) is 13.2 Å². The van der Waals surface area contributed by atoms with E-state index in [1.807, 2.05) is 23.7 Å². The van der Waals surface area contributed by atoms with Gasteiger partial charge in [0.05, 0.1) is 6.61 Å². The minimum Gasteiger partial charge on any atom is -0.494 e. The lowest BCUT2D eigenvalue weighted by molar-refractivity contribution is 0.339. The zero-order chi connectivity index (χ0) is 15.1. The Kier molecular flexibility index (Phi) is 5.75. The van der Waals surface area contributed by atoms with E-state index in [-0.39, 0.29) is 6.04 Å². The van der Waals surface area contributed by atoms with Crippen LogP contribution in [0.1, 0.15) is 38.2 Å². The van der Waals surface area contributed by atoms with Crippen molar-refractivity contribution in [2.45, 2.75) is 39.8 Å². The number of nitrogens with zero attached hydrogens (tertiary/aromatic N) is 3. The standard InChI is InChI=1S/C16H24N4O/c1-4-17-15(11-16-18-12-19-20(16)5-2)13-8-7-9-14(10-13)21-6-3/h7-10,12,15,17H,4-6,11H2,1-3H3. The first-order valence-electron chi connectivity index (χ1n) is 7.61. The number of hydrogen-bond donors (Lipinski definition) is 1. The highest BCUT2D eigenvalue weighted by Crippen LogP contribution is 2.22. The van der Waals surface area contributed by atoms with E-state index in [0.717, 1.165) is 31.1 Å². The number of aryl methyl sites for hydroxylation is 1. The van der Waals surface area contributed by atoms with Gasteiger partial charge in [-0.2, -0.15) is 5.10 Å². The third-order valence-corrected chi connectivity index (χ3v) is 3.40. The third kappa shape index (κ3) is 4.04. The van der Waals surface area contributed by atoms with E-state index in [1.54, 1.807) is 6.33 Å². The van der Waals surface area contributed by atoms with Crippen LogP contribution in [0, 0.1) is 0 Å². The molecule has 0 bridgehead atoms. The van der Waals surface area contributed by atoms with Crippen LogP contribution in [0.15, 0.2) is 30.6 Å². The summed E-state index contributed by atoms with van der Waals surface area (Å²) in [6, 6.07) is 8.47. The maximum Gasteiger partial charge on any atom is 0.138 e. The Morgan fingerprint density at radius 3 is 2.86 bits per heavy atom. The zero-order valence-corrected chi connectivity index (χ0v) is 13.0. The molecule has 1 atom stereocenters.